The molecule has 3 heterocycles. The molecular formula is C28H22Cl3F3N4O4S. The summed E-state index contributed by atoms with van der Waals surface area (Å²) in [6.07, 6.45) is 2.43. The van der Waals surface area contributed by atoms with Crippen LogP contribution in [0.3, 0.4) is 0 Å². The number of carbonyl (C=O) groups is 2. The van der Waals surface area contributed by atoms with Crippen LogP contribution in [0.2, 0.25) is 10.0 Å². The van der Waals surface area contributed by atoms with Gasteiger partial charge in [0.05, 0.1) is 15.7 Å². The molecule has 2 N–H and O–H groups in total. The average molecular weight is 674 g/mol. The minimum Gasteiger partial charge on any atom is -0.503 e. The molecule has 0 radical (unpaired) electrons. The number of aromatic hydroxyl groups is 1. The number of phenols is 1. The van der Waals surface area contributed by atoms with E-state index in [-0.39, 0.29) is 62.8 Å². The summed E-state index contributed by atoms with van der Waals surface area (Å²) in [6, 6.07) is 6.73. The van der Waals surface area contributed by atoms with Gasteiger partial charge in [-0.1, -0.05) is 41.0 Å². The molecule has 0 unspecified atom stereocenters. The molecular weight excluding hydrogens is 652 g/mol. The number of anilines is 1. The van der Waals surface area contributed by atoms with E-state index in [4.69, 9.17) is 34.8 Å². The number of hydrogen-bond donors (Lipinski definition) is 2. The zero-order valence-corrected chi connectivity index (χ0v) is 25.2. The number of carbonyl (C=O) groups excluding carboxylic acids is 2. The Morgan fingerprint density at radius 1 is 1.09 bits per heavy atom. The highest BCUT2D eigenvalue weighted by Crippen LogP contribution is 2.43. The number of benzene rings is 2. The van der Waals surface area contributed by atoms with E-state index >= 15 is 4.39 Å². The molecule has 6 rings (SSSR count). The number of urea groups is 1. The maximum absolute atomic E-state index is 15.5. The number of phenolic OH excluding ortho intramolecular Hbond substituents is 1. The number of pyridine rings is 1. The number of aromatic amines is 1. The topological polar surface area (TPSA) is 97.0 Å². The van der Waals surface area contributed by atoms with Crippen molar-refractivity contribution >= 4 is 64.2 Å². The lowest BCUT2D eigenvalue weighted by Gasteiger charge is -2.36. The Morgan fingerprint density at radius 3 is 2.44 bits per heavy atom. The Labute approximate surface area is 262 Å². The number of nitrogens with zero attached hydrogens (tertiary/aromatic N) is 3. The van der Waals surface area contributed by atoms with Gasteiger partial charge in [0.2, 0.25) is 0 Å². The molecule has 2 fully saturated rings. The van der Waals surface area contributed by atoms with Gasteiger partial charge in [-0.3, -0.25) is 14.5 Å². The highest BCUT2D eigenvalue weighted by Gasteiger charge is 2.40. The molecule has 15 heteroatoms. The van der Waals surface area contributed by atoms with Crippen LogP contribution in [0.5, 0.6) is 5.75 Å². The standard InChI is InChI=1S/C28H22Cl3F3N4O4S/c29-16-3-1-4-17(30)24(16)43-19-10-20(28(31,33)34)35-25(40)21(19)26(41)36-11-13-9-18(23(39)22(32)15(13)12-36)38-8-2-7-37(27(38)42)14-5-6-14/h1,3-4,9-10,14,39H,2,5-8,11-12H2,(H,35,40). The number of alkyl halides is 3. The van der Waals surface area contributed by atoms with Crippen molar-refractivity contribution in [2.24, 2.45) is 0 Å². The molecule has 2 aliphatic heterocycles. The third kappa shape index (κ3) is 5.54. The van der Waals surface area contributed by atoms with Gasteiger partial charge in [0.15, 0.2) is 11.6 Å². The highest BCUT2D eigenvalue weighted by molar-refractivity contribution is 7.99. The van der Waals surface area contributed by atoms with Gasteiger partial charge in [-0.15, -0.1) is 0 Å². The third-order valence-electron chi connectivity index (χ3n) is 7.59. The minimum atomic E-state index is -3.96. The van der Waals surface area contributed by atoms with Gasteiger partial charge in [0.25, 0.3) is 11.5 Å². The van der Waals surface area contributed by atoms with Crippen molar-refractivity contribution < 1.29 is 27.9 Å². The number of fused-ring (bicyclic) bond motifs is 1. The van der Waals surface area contributed by atoms with Gasteiger partial charge < -0.3 is 19.9 Å². The number of hydrogen-bond acceptors (Lipinski definition) is 5. The Kier molecular flexibility index (Phi) is 7.77. The Morgan fingerprint density at radius 2 is 1.79 bits per heavy atom. The van der Waals surface area contributed by atoms with Crippen LogP contribution in [-0.4, -0.2) is 51.0 Å². The molecule has 3 aliphatic rings. The largest absolute Gasteiger partial charge is 0.503 e. The lowest BCUT2D eigenvalue weighted by atomic mass is 10.1. The Balaban J connectivity index is 1.35. The third-order valence-corrected chi connectivity index (χ3v) is 9.84. The van der Waals surface area contributed by atoms with Gasteiger partial charge >= 0.3 is 11.4 Å². The zero-order valence-electron chi connectivity index (χ0n) is 22.1. The minimum absolute atomic E-state index is 0.00273. The van der Waals surface area contributed by atoms with Crippen LogP contribution in [0.25, 0.3) is 0 Å². The van der Waals surface area contributed by atoms with Crippen molar-refractivity contribution in [3.63, 3.8) is 0 Å². The summed E-state index contributed by atoms with van der Waals surface area (Å²) in [4.78, 5) is 46.2. The molecule has 8 nitrogen and oxygen atoms in total. The van der Waals surface area contributed by atoms with Crippen molar-refractivity contribution in [3.8, 4) is 5.75 Å². The molecule has 1 saturated heterocycles. The van der Waals surface area contributed by atoms with Crippen molar-refractivity contribution in [1.82, 2.24) is 14.8 Å². The molecule has 2 aromatic carbocycles. The fourth-order valence-corrected chi connectivity index (χ4v) is 7.08. The summed E-state index contributed by atoms with van der Waals surface area (Å²) >= 11 is 18.4. The first-order valence-corrected chi connectivity index (χ1v) is 15.2. The molecule has 226 valence electrons. The number of amides is 3. The summed E-state index contributed by atoms with van der Waals surface area (Å²) < 4.78 is 43.6. The van der Waals surface area contributed by atoms with E-state index in [1.807, 2.05) is 4.98 Å². The second kappa shape index (κ2) is 11.1. The second-order valence-corrected chi connectivity index (χ2v) is 12.8. The average Bonchev–Trinajstić information content (AvgIpc) is 3.70. The predicted octanol–water partition coefficient (Wildman–Crippen LogP) is 6.92. The summed E-state index contributed by atoms with van der Waals surface area (Å²) in [5.41, 5.74) is -2.25. The number of H-pyrrole nitrogens is 1. The van der Waals surface area contributed by atoms with Crippen molar-refractivity contribution in [2.75, 3.05) is 18.0 Å². The van der Waals surface area contributed by atoms with Crippen LogP contribution in [-0.2, 0) is 18.5 Å². The first-order chi connectivity index (χ1) is 20.3. The normalized spacial score (nSPS) is 17.1. The van der Waals surface area contributed by atoms with E-state index in [0.717, 1.165) is 35.6 Å². The number of halogens is 6. The predicted molar refractivity (Wildman–Crippen MR) is 156 cm³/mol. The van der Waals surface area contributed by atoms with Crippen LogP contribution in [0.1, 0.15) is 46.4 Å². The first-order valence-electron chi connectivity index (χ1n) is 13.2. The Hall–Kier alpha value is -3.06. The molecule has 0 atom stereocenters. The molecule has 1 saturated carbocycles. The van der Waals surface area contributed by atoms with Crippen LogP contribution < -0.4 is 10.5 Å². The smallest absolute Gasteiger partial charge is 0.362 e. The quantitative estimate of drug-likeness (QED) is 0.277. The molecule has 1 aliphatic carbocycles. The molecule has 1 aromatic heterocycles. The first kappa shape index (κ1) is 30.0. The van der Waals surface area contributed by atoms with Crippen LogP contribution in [0, 0.1) is 5.82 Å². The van der Waals surface area contributed by atoms with E-state index in [1.165, 1.54) is 23.1 Å². The van der Waals surface area contributed by atoms with Crippen molar-refractivity contribution in [2.45, 2.75) is 53.6 Å². The monoisotopic (exact) mass is 672 g/mol. The summed E-state index contributed by atoms with van der Waals surface area (Å²) in [5, 5.41) is 7.12. The highest BCUT2D eigenvalue weighted by atomic mass is 35.5. The summed E-state index contributed by atoms with van der Waals surface area (Å²) in [6.45, 7) is 0.379. The lowest BCUT2D eigenvalue weighted by Crippen LogP contribution is -2.50. The van der Waals surface area contributed by atoms with Crippen molar-refractivity contribution in [3.05, 3.63) is 78.9 Å². The SMILES string of the molecule is O=C(c1c(Sc2c(Cl)cccc2Cl)cc(C(F)(F)Cl)[nH]c1=O)N1Cc2cc(N3CCCN(C4CC4)C3=O)c(O)c(F)c2C1. The van der Waals surface area contributed by atoms with E-state index in [2.05, 4.69) is 0 Å². The van der Waals surface area contributed by atoms with Gasteiger partial charge in [-0.2, -0.15) is 8.78 Å². The zero-order chi connectivity index (χ0) is 30.8. The van der Waals surface area contributed by atoms with Crippen LogP contribution in [0.15, 0.2) is 44.9 Å². The molecule has 0 spiro atoms. The molecule has 3 amide bonds. The molecule has 43 heavy (non-hydrogen) atoms. The van der Waals surface area contributed by atoms with E-state index in [9.17, 15) is 28.3 Å². The van der Waals surface area contributed by atoms with Crippen LogP contribution >= 0.6 is 46.6 Å². The van der Waals surface area contributed by atoms with E-state index < -0.39 is 39.7 Å². The summed E-state index contributed by atoms with van der Waals surface area (Å²) in [7, 11) is 0. The fourth-order valence-electron chi connectivity index (χ4n) is 5.34. The number of rotatable bonds is 6. The van der Waals surface area contributed by atoms with Gasteiger partial charge in [-0.05, 0) is 60.7 Å². The van der Waals surface area contributed by atoms with Gasteiger partial charge in [0, 0.05) is 47.6 Å². The van der Waals surface area contributed by atoms with Crippen LogP contribution in [0.4, 0.5) is 23.7 Å². The number of aromatic nitrogens is 1. The molecule has 0 bridgehead atoms. The summed E-state index contributed by atoms with van der Waals surface area (Å²) in [5.74, 6) is -2.58. The fraction of sp³-hybridized carbons (Fsp3) is 0.321. The molecule has 3 aromatic rings. The Bertz CT molecular complexity index is 1710. The maximum Gasteiger partial charge on any atom is 0.362 e. The maximum atomic E-state index is 15.5. The van der Waals surface area contributed by atoms with Gasteiger partial charge in [0.1, 0.15) is 11.3 Å². The van der Waals surface area contributed by atoms with E-state index in [1.54, 1.807) is 11.0 Å². The lowest BCUT2D eigenvalue weighted by molar-refractivity contribution is 0.0739. The van der Waals surface area contributed by atoms with Gasteiger partial charge in [-0.25, -0.2) is 9.18 Å². The van der Waals surface area contributed by atoms with Crippen molar-refractivity contribution in [1.29, 1.82) is 0 Å². The number of nitrogens with one attached hydrogen (secondary N) is 1. The van der Waals surface area contributed by atoms with E-state index in [0.29, 0.717) is 18.5 Å². The second-order valence-electron chi connectivity index (χ2n) is 10.5.